The highest BCUT2D eigenvalue weighted by atomic mass is 79.9. The van der Waals surface area contributed by atoms with Gasteiger partial charge in [-0.05, 0) is 53.9 Å². The Bertz CT molecular complexity index is 220. The monoisotopic (exact) mass is 228 g/mol. The molecule has 0 bridgehead atoms. The molecule has 1 heterocycles. The van der Waals surface area contributed by atoms with E-state index in [1.807, 2.05) is 18.3 Å². The summed E-state index contributed by atoms with van der Waals surface area (Å²) in [6, 6.07) is 4.06. The van der Waals surface area contributed by atoms with Gasteiger partial charge in [-0.2, -0.15) is 0 Å². The summed E-state index contributed by atoms with van der Waals surface area (Å²) >= 11 is 3.34. The van der Waals surface area contributed by atoms with Crippen molar-refractivity contribution in [2.75, 3.05) is 6.54 Å². The second-order valence-electron chi connectivity index (χ2n) is 2.71. The minimum absolute atomic E-state index is 0.774. The molecule has 0 atom stereocenters. The fourth-order valence-corrected chi connectivity index (χ4v) is 1.24. The normalized spacial score (nSPS) is 10.2. The molecule has 0 spiro atoms. The number of nitrogens with zero attached hydrogens (tertiary/aromatic N) is 1. The van der Waals surface area contributed by atoms with Gasteiger partial charge in [0.1, 0.15) is 0 Å². The van der Waals surface area contributed by atoms with Gasteiger partial charge in [-0.25, -0.2) is 0 Å². The fraction of sp³-hybridized carbons (Fsp3) is 0.444. The number of halogens is 1. The van der Waals surface area contributed by atoms with Crippen LogP contribution in [0.5, 0.6) is 0 Å². The first kappa shape index (κ1) is 9.68. The molecule has 66 valence electrons. The predicted molar refractivity (Wildman–Crippen MR) is 53.9 cm³/mol. The topological polar surface area (TPSA) is 38.9 Å². The molecular weight excluding hydrogens is 216 g/mol. The third kappa shape index (κ3) is 3.32. The molecule has 2 nitrogen and oxygen atoms in total. The fourth-order valence-electron chi connectivity index (χ4n) is 1.00. The van der Waals surface area contributed by atoms with E-state index in [2.05, 4.69) is 20.9 Å². The van der Waals surface area contributed by atoms with Crippen LogP contribution in [0.3, 0.4) is 0 Å². The smallest absolute Gasteiger partial charge is 0.0413 e. The van der Waals surface area contributed by atoms with Crippen molar-refractivity contribution in [2.45, 2.75) is 19.3 Å². The van der Waals surface area contributed by atoms with E-state index < -0.39 is 0 Å². The quantitative estimate of drug-likeness (QED) is 0.803. The standard InChI is InChI=1S/C9H13BrN2/c10-8-4-5-9(12-7-8)3-1-2-6-11/h4-5,7H,1-3,6,11H2. The van der Waals surface area contributed by atoms with E-state index in [1.54, 1.807) is 0 Å². The van der Waals surface area contributed by atoms with Crippen molar-refractivity contribution in [2.24, 2.45) is 5.73 Å². The van der Waals surface area contributed by atoms with Gasteiger partial charge >= 0.3 is 0 Å². The zero-order valence-electron chi connectivity index (χ0n) is 6.96. The summed E-state index contributed by atoms with van der Waals surface area (Å²) in [6.07, 6.45) is 5.07. The molecule has 0 unspecified atom stereocenters. The number of hydrogen-bond donors (Lipinski definition) is 1. The van der Waals surface area contributed by atoms with Crippen molar-refractivity contribution < 1.29 is 0 Å². The van der Waals surface area contributed by atoms with E-state index >= 15 is 0 Å². The van der Waals surface area contributed by atoms with Crippen LogP contribution < -0.4 is 5.73 Å². The molecule has 0 saturated heterocycles. The van der Waals surface area contributed by atoms with Gasteiger partial charge in [0.25, 0.3) is 0 Å². The Labute approximate surface area is 81.3 Å². The van der Waals surface area contributed by atoms with E-state index in [-0.39, 0.29) is 0 Å². The lowest BCUT2D eigenvalue weighted by Gasteiger charge is -1.98. The van der Waals surface area contributed by atoms with E-state index in [0.29, 0.717) is 0 Å². The average Bonchev–Trinajstić information content (AvgIpc) is 2.09. The molecule has 0 aromatic carbocycles. The average molecular weight is 229 g/mol. The summed E-state index contributed by atoms with van der Waals surface area (Å²) in [5, 5.41) is 0. The lowest BCUT2D eigenvalue weighted by molar-refractivity contribution is 0.732. The molecule has 1 rings (SSSR count). The number of hydrogen-bond acceptors (Lipinski definition) is 2. The molecule has 0 aliphatic rings. The van der Waals surface area contributed by atoms with Crippen LogP contribution in [0.15, 0.2) is 22.8 Å². The van der Waals surface area contributed by atoms with Crippen LogP contribution in [-0.2, 0) is 6.42 Å². The maximum Gasteiger partial charge on any atom is 0.0413 e. The Kier molecular flexibility index (Phi) is 4.25. The lowest BCUT2D eigenvalue weighted by Crippen LogP contribution is -1.99. The van der Waals surface area contributed by atoms with Crippen molar-refractivity contribution in [3.63, 3.8) is 0 Å². The first-order valence-electron chi connectivity index (χ1n) is 4.13. The molecule has 0 aliphatic carbocycles. The van der Waals surface area contributed by atoms with Gasteiger partial charge < -0.3 is 5.73 Å². The summed E-state index contributed by atoms with van der Waals surface area (Å²) < 4.78 is 1.03. The Morgan fingerprint density at radius 2 is 2.17 bits per heavy atom. The number of aryl methyl sites for hydroxylation is 1. The van der Waals surface area contributed by atoms with E-state index in [0.717, 1.165) is 36.0 Å². The number of unbranched alkanes of at least 4 members (excludes halogenated alkanes) is 1. The number of nitrogens with two attached hydrogens (primary N) is 1. The Hall–Kier alpha value is -0.410. The minimum atomic E-state index is 0.774. The molecule has 3 heteroatoms. The first-order valence-corrected chi connectivity index (χ1v) is 4.92. The summed E-state index contributed by atoms with van der Waals surface area (Å²) in [5.74, 6) is 0. The second-order valence-corrected chi connectivity index (χ2v) is 3.63. The zero-order chi connectivity index (χ0) is 8.81. The lowest BCUT2D eigenvalue weighted by atomic mass is 10.2. The van der Waals surface area contributed by atoms with E-state index in [9.17, 15) is 0 Å². The van der Waals surface area contributed by atoms with Gasteiger partial charge in [0.15, 0.2) is 0 Å². The van der Waals surface area contributed by atoms with Crippen molar-refractivity contribution in [1.82, 2.24) is 4.98 Å². The molecule has 0 aliphatic heterocycles. The van der Waals surface area contributed by atoms with Gasteiger partial charge in [0.05, 0.1) is 0 Å². The number of pyridine rings is 1. The highest BCUT2D eigenvalue weighted by Gasteiger charge is 1.93. The van der Waals surface area contributed by atoms with Gasteiger partial charge in [-0.15, -0.1) is 0 Å². The van der Waals surface area contributed by atoms with Gasteiger partial charge in [0.2, 0.25) is 0 Å². The maximum absolute atomic E-state index is 5.39. The number of aromatic nitrogens is 1. The summed E-state index contributed by atoms with van der Waals surface area (Å²) in [4.78, 5) is 4.26. The molecule has 12 heavy (non-hydrogen) atoms. The largest absolute Gasteiger partial charge is 0.330 e. The van der Waals surface area contributed by atoms with Crippen molar-refractivity contribution in [3.05, 3.63) is 28.5 Å². The van der Waals surface area contributed by atoms with Crippen molar-refractivity contribution in [3.8, 4) is 0 Å². The maximum atomic E-state index is 5.39. The van der Waals surface area contributed by atoms with Gasteiger partial charge in [-0.1, -0.05) is 0 Å². The van der Waals surface area contributed by atoms with Gasteiger partial charge in [0, 0.05) is 16.4 Å². The molecule has 0 saturated carbocycles. The molecular formula is C9H13BrN2. The Balaban J connectivity index is 2.37. The third-order valence-electron chi connectivity index (χ3n) is 1.68. The van der Waals surface area contributed by atoms with Crippen LogP contribution in [0.2, 0.25) is 0 Å². The Morgan fingerprint density at radius 1 is 1.33 bits per heavy atom. The second kappa shape index (κ2) is 5.27. The summed E-state index contributed by atoms with van der Waals surface area (Å²) in [6.45, 7) is 0.774. The van der Waals surface area contributed by atoms with Gasteiger partial charge in [-0.3, -0.25) is 4.98 Å². The minimum Gasteiger partial charge on any atom is -0.330 e. The van der Waals surface area contributed by atoms with Crippen molar-refractivity contribution >= 4 is 15.9 Å². The molecule has 1 aromatic heterocycles. The molecule has 0 amide bonds. The third-order valence-corrected chi connectivity index (χ3v) is 2.14. The summed E-state index contributed by atoms with van der Waals surface area (Å²) in [5.41, 5.74) is 6.53. The van der Waals surface area contributed by atoms with Crippen molar-refractivity contribution in [1.29, 1.82) is 0 Å². The van der Waals surface area contributed by atoms with Crippen LogP contribution in [0.4, 0.5) is 0 Å². The SMILES string of the molecule is NCCCCc1ccc(Br)cn1. The highest BCUT2D eigenvalue weighted by Crippen LogP contribution is 2.08. The highest BCUT2D eigenvalue weighted by molar-refractivity contribution is 9.10. The Morgan fingerprint density at radius 3 is 2.75 bits per heavy atom. The van der Waals surface area contributed by atoms with Crippen LogP contribution in [0.25, 0.3) is 0 Å². The molecule has 0 radical (unpaired) electrons. The molecule has 1 aromatic rings. The van der Waals surface area contributed by atoms with E-state index in [1.165, 1.54) is 0 Å². The first-order chi connectivity index (χ1) is 5.83. The van der Waals surface area contributed by atoms with E-state index in [4.69, 9.17) is 5.73 Å². The predicted octanol–water partition coefficient (Wildman–Crippen LogP) is 2.13. The molecule has 2 N–H and O–H groups in total. The zero-order valence-corrected chi connectivity index (χ0v) is 8.55. The summed E-state index contributed by atoms with van der Waals surface area (Å²) in [7, 11) is 0. The van der Waals surface area contributed by atoms with Crippen LogP contribution >= 0.6 is 15.9 Å². The van der Waals surface area contributed by atoms with Crippen LogP contribution in [-0.4, -0.2) is 11.5 Å². The number of rotatable bonds is 4. The molecule has 0 fully saturated rings. The van der Waals surface area contributed by atoms with Crippen LogP contribution in [0, 0.1) is 0 Å². The van der Waals surface area contributed by atoms with Crippen LogP contribution in [0.1, 0.15) is 18.5 Å².